The lowest BCUT2D eigenvalue weighted by Crippen LogP contribution is -2.48. The molecule has 2 aliphatic rings. The van der Waals surface area contributed by atoms with E-state index in [1.807, 2.05) is 0 Å². The van der Waals surface area contributed by atoms with Gasteiger partial charge < -0.3 is 0 Å². The molecular formula is C13H21BrO. The van der Waals surface area contributed by atoms with Gasteiger partial charge in [0.15, 0.2) is 0 Å². The minimum atomic E-state index is 0.117. The predicted molar refractivity (Wildman–Crippen MR) is 66.1 cm³/mol. The molecule has 0 spiro atoms. The van der Waals surface area contributed by atoms with Gasteiger partial charge >= 0.3 is 0 Å². The highest BCUT2D eigenvalue weighted by Gasteiger charge is 2.49. The van der Waals surface area contributed by atoms with Crippen LogP contribution in [-0.4, -0.2) is 10.6 Å². The number of carbonyl (C=O) groups is 1. The molecule has 0 aromatic rings. The number of alkyl halides is 1. The minimum absolute atomic E-state index is 0.117. The molecule has 2 heteroatoms. The molecule has 1 nitrogen and oxygen atoms in total. The number of rotatable bonds is 0. The number of carbonyl (C=O) groups excluding carboxylic acids is 1. The van der Waals surface area contributed by atoms with Crippen molar-refractivity contribution in [3.8, 4) is 0 Å². The summed E-state index contributed by atoms with van der Waals surface area (Å²) in [6.45, 7) is 7.15. The van der Waals surface area contributed by atoms with Crippen LogP contribution >= 0.6 is 15.9 Å². The Morgan fingerprint density at radius 3 is 2.67 bits per heavy atom. The normalized spacial score (nSPS) is 51.3. The molecule has 2 fully saturated rings. The first-order valence-electron chi connectivity index (χ1n) is 6.12. The van der Waals surface area contributed by atoms with Crippen molar-refractivity contribution >= 4 is 21.7 Å². The van der Waals surface area contributed by atoms with Gasteiger partial charge in [-0.1, -0.05) is 43.1 Å². The van der Waals surface area contributed by atoms with Crippen LogP contribution in [0.15, 0.2) is 0 Å². The summed E-state index contributed by atoms with van der Waals surface area (Å²) in [5, 5.41) is 0. The summed E-state index contributed by atoms with van der Waals surface area (Å²) in [5.41, 5.74) is 0.389. The quantitative estimate of drug-likeness (QED) is 0.613. The summed E-state index contributed by atoms with van der Waals surface area (Å²) in [6.07, 6.45) is 4.42. The largest absolute Gasteiger partial charge is 0.298 e. The first-order chi connectivity index (χ1) is 6.95. The van der Waals surface area contributed by atoms with E-state index in [0.29, 0.717) is 17.1 Å². The smallest absolute Gasteiger partial charge is 0.146 e. The zero-order valence-corrected chi connectivity index (χ0v) is 11.5. The van der Waals surface area contributed by atoms with Gasteiger partial charge in [-0.3, -0.25) is 4.79 Å². The summed E-state index contributed by atoms with van der Waals surface area (Å²) in [6, 6.07) is 0. The van der Waals surface area contributed by atoms with Gasteiger partial charge in [-0.25, -0.2) is 0 Å². The maximum absolute atomic E-state index is 11.7. The fourth-order valence-corrected chi connectivity index (χ4v) is 4.51. The summed E-state index contributed by atoms with van der Waals surface area (Å²) in [4.78, 5) is 11.8. The van der Waals surface area contributed by atoms with Crippen molar-refractivity contribution in [3.63, 3.8) is 0 Å². The minimum Gasteiger partial charge on any atom is -0.298 e. The second-order valence-electron chi connectivity index (χ2n) is 5.89. The van der Waals surface area contributed by atoms with E-state index in [1.54, 1.807) is 0 Å². The average Bonchev–Trinajstić information content (AvgIpc) is 2.18. The topological polar surface area (TPSA) is 17.1 Å². The van der Waals surface area contributed by atoms with Gasteiger partial charge in [0.05, 0.1) is 4.83 Å². The van der Waals surface area contributed by atoms with Crippen LogP contribution < -0.4 is 0 Å². The Balaban J connectivity index is 2.24. The summed E-state index contributed by atoms with van der Waals surface area (Å²) in [5.74, 6) is 2.65. The molecule has 2 saturated carbocycles. The first kappa shape index (κ1) is 11.6. The maximum atomic E-state index is 11.7. The molecule has 5 unspecified atom stereocenters. The van der Waals surface area contributed by atoms with E-state index in [1.165, 1.54) is 12.8 Å². The number of hydrogen-bond donors (Lipinski definition) is 0. The zero-order valence-electron chi connectivity index (χ0n) is 9.92. The Hall–Kier alpha value is 0.150. The van der Waals surface area contributed by atoms with Crippen LogP contribution in [0.2, 0.25) is 0 Å². The van der Waals surface area contributed by atoms with Crippen molar-refractivity contribution < 1.29 is 4.79 Å². The van der Waals surface area contributed by atoms with Gasteiger partial charge in [-0.2, -0.15) is 0 Å². The number of fused-ring (bicyclic) bond motifs is 1. The first-order valence-corrected chi connectivity index (χ1v) is 7.03. The van der Waals surface area contributed by atoms with Crippen LogP contribution in [0.3, 0.4) is 0 Å². The molecule has 15 heavy (non-hydrogen) atoms. The Kier molecular flexibility index (Phi) is 3.00. The molecule has 0 N–H and O–H groups in total. The van der Waals surface area contributed by atoms with Crippen LogP contribution in [0.4, 0.5) is 0 Å². The van der Waals surface area contributed by atoms with Crippen molar-refractivity contribution in [2.45, 2.75) is 51.3 Å². The van der Waals surface area contributed by atoms with Gasteiger partial charge in [0, 0.05) is 6.42 Å². The Labute approximate surface area is 101 Å². The van der Waals surface area contributed by atoms with E-state index < -0.39 is 0 Å². The molecular weight excluding hydrogens is 252 g/mol. The lowest BCUT2D eigenvalue weighted by molar-refractivity contribution is -0.128. The monoisotopic (exact) mass is 272 g/mol. The second-order valence-corrected chi connectivity index (χ2v) is 6.99. The number of ketones is 1. The van der Waals surface area contributed by atoms with Crippen molar-refractivity contribution in [2.24, 2.45) is 23.2 Å². The molecule has 0 aromatic carbocycles. The van der Waals surface area contributed by atoms with Crippen LogP contribution in [0.5, 0.6) is 0 Å². The van der Waals surface area contributed by atoms with Gasteiger partial charge in [-0.05, 0) is 36.0 Å². The lowest BCUT2D eigenvalue weighted by atomic mass is 9.53. The fourth-order valence-electron chi connectivity index (χ4n) is 3.62. The van der Waals surface area contributed by atoms with Crippen molar-refractivity contribution in [1.82, 2.24) is 0 Å². The van der Waals surface area contributed by atoms with E-state index in [9.17, 15) is 4.79 Å². The molecule has 0 heterocycles. The van der Waals surface area contributed by atoms with Gasteiger partial charge in [0.25, 0.3) is 0 Å². The van der Waals surface area contributed by atoms with Crippen molar-refractivity contribution in [1.29, 1.82) is 0 Å². The Morgan fingerprint density at radius 1 is 1.33 bits per heavy atom. The van der Waals surface area contributed by atoms with Gasteiger partial charge in [-0.15, -0.1) is 0 Å². The van der Waals surface area contributed by atoms with Crippen LogP contribution in [0, 0.1) is 23.2 Å². The lowest BCUT2D eigenvalue weighted by Gasteiger charge is -2.52. The summed E-state index contributed by atoms with van der Waals surface area (Å²) < 4.78 is 0. The Morgan fingerprint density at radius 2 is 2.00 bits per heavy atom. The third-order valence-electron chi connectivity index (χ3n) is 5.21. The summed E-state index contributed by atoms with van der Waals surface area (Å²) >= 11 is 3.55. The fraction of sp³-hybridized carbons (Fsp3) is 0.923. The van der Waals surface area contributed by atoms with E-state index in [2.05, 4.69) is 36.7 Å². The second kappa shape index (κ2) is 3.87. The molecule has 5 atom stereocenters. The predicted octanol–water partition coefficient (Wildman–Crippen LogP) is 3.80. The molecule has 0 aromatic heterocycles. The van der Waals surface area contributed by atoms with E-state index in [0.717, 1.165) is 24.7 Å². The van der Waals surface area contributed by atoms with Crippen molar-refractivity contribution in [2.75, 3.05) is 0 Å². The molecule has 0 bridgehead atoms. The third kappa shape index (κ3) is 1.79. The van der Waals surface area contributed by atoms with E-state index >= 15 is 0 Å². The third-order valence-corrected chi connectivity index (χ3v) is 6.05. The number of hydrogen-bond acceptors (Lipinski definition) is 1. The molecule has 2 rings (SSSR count). The number of halogens is 1. The molecule has 0 amide bonds. The van der Waals surface area contributed by atoms with Gasteiger partial charge in [0.2, 0.25) is 0 Å². The van der Waals surface area contributed by atoms with Gasteiger partial charge in [0.1, 0.15) is 5.78 Å². The summed E-state index contributed by atoms with van der Waals surface area (Å²) in [7, 11) is 0. The molecule has 0 radical (unpaired) electrons. The zero-order chi connectivity index (χ0) is 11.2. The maximum Gasteiger partial charge on any atom is 0.146 e. The Bertz CT molecular complexity index is 276. The molecule has 0 saturated heterocycles. The average molecular weight is 273 g/mol. The van der Waals surface area contributed by atoms with Crippen LogP contribution in [-0.2, 0) is 4.79 Å². The molecule has 86 valence electrons. The van der Waals surface area contributed by atoms with E-state index in [-0.39, 0.29) is 4.83 Å². The highest BCUT2D eigenvalue weighted by Crippen LogP contribution is 2.55. The van der Waals surface area contributed by atoms with Crippen LogP contribution in [0.25, 0.3) is 0 Å². The number of Topliss-reactive ketones (excluding diaryl/α,β-unsaturated/α-hetero) is 1. The van der Waals surface area contributed by atoms with Crippen LogP contribution in [0.1, 0.15) is 46.5 Å². The van der Waals surface area contributed by atoms with Crippen molar-refractivity contribution in [3.05, 3.63) is 0 Å². The molecule has 2 aliphatic carbocycles. The standard InChI is InChI=1S/C13H21BrO/c1-8-4-5-10-6-12(15)11(14)7-13(10,3)9(8)2/h8-11H,4-7H2,1-3H3. The van der Waals surface area contributed by atoms with E-state index in [4.69, 9.17) is 0 Å². The molecule has 0 aliphatic heterocycles. The highest BCUT2D eigenvalue weighted by molar-refractivity contribution is 9.10. The highest BCUT2D eigenvalue weighted by atomic mass is 79.9. The SMILES string of the molecule is CC1CCC2CC(=O)C(Br)CC2(C)C1C.